The van der Waals surface area contributed by atoms with E-state index in [0.717, 1.165) is 56.7 Å². The van der Waals surface area contributed by atoms with Gasteiger partial charge in [0, 0.05) is 43.3 Å². The summed E-state index contributed by atoms with van der Waals surface area (Å²) in [7, 11) is 1.22. The Morgan fingerprint density at radius 1 is 1.17 bits per heavy atom. The molecule has 1 saturated heterocycles. The average molecular weight is 330 g/mol. The van der Waals surface area contributed by atoms with E-state index in [4.69, 9.17) is 4.74 Å². The highest BCUT2D eigenvalue weighted by Crippen LogP contribution is 2.22. The number of ketones is 1. The zero-order valence-corrected chi connectivity index (χ0v) is 13.9. The normalized spacial score (nSPS) is 15.5. The van der Waals surface area contributed by atoms with Crippen LogP contribution in [0.3, 0.4) is 0 Å². The van der Waals surface area contributed by atoms with Gasteiger partial charge in [-0.15, -0.1) is 0 Å². The minimum atomic E-state index is -0.828. The first-order chi connectivity index (χ1) is 11.7. The number of carbonyl (C=O) groups is 2. The van der Waals surface area contributed by atoms with Crippen LogP contribution < -0.4 is 0 Å². The Morgan fingerprint density at radius 2 is 1.92 bits per heavy atom. The number of hydrogen-bond acceptors (Lipinski definition) is 5. The molecule has 1 aliphatic heterocycles. The van der Waals surface area contributed by atoms with Crippen molar-refractivity contribution in [2.75, 3.05) is 40.0 Å². The fraction of sp³-hybridized carbons (Fsp3) is 0.444. The summed E-state index contributed by atoms with van der Waals surface area (Å²) in [5, 5.41) is 0.791. The first-order valence-corrected chi connectivity index (χ1v) is 8.21. The number of morpholine rings is 1. The molecule has 0 aliphatic carbocycles. The van der Waals surface area contributed by atoms with Gasteiger partial charge in [-0.1, -0.05) is 18.2 Å². The van der Waals surface area contributed by atoms with Crippen molar-refractivity contribution in [2.45, 2.75) is 13.0 Å². The van der Waals surface area contributed by atoms with Crippen molar-refractivity contribution in [1.29, 1.82) is 0 Å². The van der Waals surface area contributed by atoms with E-state index >= 15 is 0 Å². The van der Waals surface area contributed by atoms with Gasteiger partial charge in [-0.05, 0) is 12.5 Å². The number of esters is 1. The predicted molar refractivity (Wildman–Crippen MR) is 90.2 cm³/mol. The van der Waals surface area contributed by atoms with Crippen molar-refractivity contribution in [3.63, 3.8) is 0 Å². The molecule has 1 fully saturated rings. The molecule has 0 unspecified atom stereocenters. The van der Waals surface area contributed by atoms with E-state index in [1.165, 1.54) is 7.11 Å². The van der Waals surface area contributed by atoms with Crippen LogP contribution in [0.15, 0.2) is 30.5 Å². The lowest BCUT2D eigenvalue weighted by Crippen LogP contribution is -2.37. The molecule has 6 nitrogen and oxygen atoms in total. The lowest BCUT2D eigenvalue weighted by molar-refractivity contribution is -0.135. The summed E-state index contributed by atoms with van der Waals surface area (Å²) in [5.41, 5.74) is 1.37. The number of methoxy groups -OCH3 is 1. The highest BCUT2D eigenvalue weighted by atomic mass is 16.5. The minimum Gasteiger partial charge on any atom is -0.463 e. The van der Waals surface area contributed by atoms with Gasteiger partial charge >= 0.3 is 5.97 Å². The Kier molecular flexibility index (Phi) is 5.27. The van der Waals surface area contributed by atoms with Crippen molar-refractivity contribution < 1.29 is 19.1 Å². The summed E-state index contributed by atoms with van der Waals surface area (Å²) in [4.78, 5) is 26.2. The van der Waals surface area contributed by atoms with Gasteiger partial charge in [0.25, 0.3) is 5.78 Å². The third-order valence-corrected chi connectivity index (χ3v) is 4.38. The van der Waals surface area contributed by atoms with Gasteiger partial charge in [0.15, 0.2) is 0 Å². The van der Waals surface area contributed by atoms with Crippen LogP contribution in [-0.2, 0) is 20.8 Å². The maximum atomic E-state index is 12.2. The average Bonchev–Trinajstić information content (AvgIpc) is 3.00. The van der Waals surface area contributed by atoms with E-state index in [-0.39, 0.29) is 0 Å². The highest BCUT2D eigenvalue weighted by Gasteiger charge is 2.22. The summed E-state index contributed by atoms with van der Waals surface area (Å²) in [5.74, 6) is -1.42. The van der Waals surface area contributed by atoms with E-state index in [9.17, 15) is 9.59 Å². The molecule has 0 radical (unpaired) electrons. The van der Waals surface area contributed by atoms with Gasteiger partial charge in [-0.2, -0.15) is 0 Å². The molecule has 1 aliphatic rings. The second-order valence-corrected chi connectivity index (χ2v) is 5.88. The first kappa shape index (κ1) is 16.7. The molecule has 1 aromatic carbocycles. The Bertz CT molecular complexity index is 732. The molecule has 0 atom stereocenters. The third kappa shape index (κ3) is 3.49. The Morgan fingerprint density at radius 3 is 2.67 bits per heavy atom. The van der Waals surface area contributed by atoms with Crippen LogP contribution in [0.2, 0.25) is 0 Å². The van der Waals surface area contributed by atoms with Crippen LogP contribution in [-0.4, -0.2) is 61.2 Å². The molecule has 1 aromatic heterocycles. The number of aryl methyl sites for hydroxylation is 1. The lowest BCUT2D eigenvalue weighted by atomic mass is 10.1. The molecule has 0 N–H and O–H groups in total. The lowest BCUT2D eigenvalue weighted by Gasteiger charge is -2.26. The Balaban J connectivity index is 1.75. The zero-order valence-electron chi connectivity index (χ0n) is 13.9. The predicted octanol–water partition coefficient (Wildman–Crippen LogP) is 1.72. The second kappa shape index (κ2) is 7.59. The van der Waals surface area contributed by atoms with Gasteiger partial charge in [0.2, 0.25) is 0 Å². The number of fused-ring (bicyclic) bond motifs is 1. The van der Waals surface area contributed by atoms with Crippen molar-refractivity contribution >= 4 is 22.7 Å². The molecule has 0 saturated carbocycles. The monoisotopic (exact) mass is 330 g/mol. The van der Waals surface area contributed by atoms with Crippen molar-refractivity contribution in [2.24, 2.45) is 0 Å². The molecule has 0 spiro atoms. The minimum absolute atomic E-state index is 0.406. The van der Waals surface area contributed by atoms with Crippen LogP contribution in [0.1, 0.15) is 16.8 Å². The number of carbonyl (C=O) groups excluding carboxylic acids is 2. The summed E-state index contributed by atoms with van der Waals surface area (Å²) in [6.45, 7) is 5.33. The molecule has 3 rings (SSSR count). The number of ether oxygens (including phenoxy) is 2. The fourth-order valence-corrected chi connectivity index (χ4v) is 3.10. The number of benzene rings is 1. The molecule has 0 amide bonds. The highest BCUT2D eigenvalue weighted by molar-refractivity contribution is 6.42. The van der Waals surface area contributed by atoms with E-state index in [2.05, 4.69) is 9.64 Å². The maximum Gasteiger partial charge on any atom is 0.379 e. The fourth-order valence-electron chi connectivity index (χ4n) is 3.10. The van der Waals surface area contributed by atoms with E-state index in [1.807, 2.05) is 28.8 Å². The number of aromatic nitrogens is 1. The Labute approximate surface area is 140 Å². The van der Waals surface area contributed by atoms with E-state index < -0.39 is 11.8 Å². The number of Topliss-reactive ketones (excluding diaryl/α,β-unsaturated/α-hetero) is 1. The summed E-state index contributed by atoms with van der Waals surface area (Å²) < 4.78 is 12.0. The van der Waals surface area contributed by atoms with Gasteiger partial charge in [-0.25, -0.2) is 4.79 Å². The van der Waals surface area contributed by atoms with E-state index in [1.54, 1.807) is 6.20 Å². The molecule has 6 heteroatoms. The van der Waals surface area contributed by atoms with Crippen molar-refractivity contribution in [3.8, 4) is 0 Å². The molecule has 2 heterocycles. The topological polar surface area (TPSA) is 60.8 Å². The maximum absolute atomic E-state index is 12.2. The van der Waals surface area contributed by atoms with Gasteiger partial charge in [0.05, 0.1) is 25.9 Å². The van der Waals surface area contributed by atoms with Crippen LogP contribution in [0.25, 0.3) is 10.9 Å². The smallest absolute Gasteiger partial charge is 0.379 e. The van der Waals surface area contributed by atoms with Gasteiger partial charge < -0.3 is 14.0 Å². The molecule has 0 bridgehead atoms. The second-order valence-electron chi connectivity index (χ2n) is 5.88. The first-order valence-electron chi connectivity index (χ1n) is 8.21. The van der Waals surface area contributed by atoms with Crippen molar-refractivity contribution in [3.05, 3.63) is 36.0 Å². The number of para-hydroxylation sites is 1. The summed E-state index contributed by atoms with van der Waals surface area (Å²) >= 11 is 0. The van der Waals surface area contributed by atoms with E-state index in [0.29, 0.717) is 5.56 Å². The molecular formula is C18H22N2O4. The molecular weight excluding hydrogens is 308 g/mol. The molecule has 24 heavy (non-hydrogen) atoms. The molecule has 128 valence electrons. The van der Waals surface area contributed by atoms with Gasteiger partial charge in [0.1, 0.15) is 0 Å². The molecule has 2 aromatic rings. The van der Waals surface area contributed by atoms with Crippen LogP contribution in [0.4, 0.5) is 0 Å². The van der Waals surface area contributed by atoms with Crippen molar-refractivity contribution in [1.82, 2.24) is 9.47 Å². The summed E-state index contributed by atoms with van der Waals surface area (Å²) in [6.07, 6.45) is 2.74. The number of nitrogens with zero attached hydrogens (tertiary/aromatic N) is 2. The quantitative estimate of drug-likeness (QED) is 0.458. The standard InChI is InChI=1S/C18H22N2O4/c1-23-18(22)17(21)15-13-20(16-6-3-2-5-14(15)16)8-4-7-19-9-11-24-12-10-19/h2-3,5-6,13H,4,7-12H2,1H3. The van der Waals surface area contributed by atoms with Crippen LogP contribution in [0.5, 0.6) is 0 Å². The SMILES string of the molecule is COC(=O)C(=O)c1cn(CCCN2CCOCC2)c2ccccc12. The summed E-state index contributed by atoms with van der Waals surface area (Å²) in [6, 6.07) is 7.64. The zero-order chi connectivity index (χ0) is 16.9. The third-order valence-electron chi connectivity index (χ3n) is 4.38. The van der Waals surface area contributed by atoms with Crippen LogP contribution in [0, 0.1) is 0 Å². The van der Waals surface area contributed by atoms with Crippen LogP contribution >= 0.6 is 0 Å². The van der Waals surface area contributed by atoms with Gasteiger partial charge in [-0.3, -0.25) is 9.69 Å². The number of rotatable bonds is 6. The largest absolute Gasteiger partial charge is 0.463 e. The number of hydrogen-bond donors (Lipinski definition) is 0. The Hall–Kier alpha value is -2.18.